The molecule has 21 heavy (non-hydrogen) atoms. The third-order valence-corrected chi connectivity index (χ3v) is 3.27. The molecule has 1 heterocycles. The Bertz CT molecular complexity index is 435. The fraction of sp³-hybridized carbons (Fsp3) is 0.786. The Labute approximate surface area is 127 Å². The molecular formula is C14H28N6O. The summed E-state index contributed by atoms with van der Waals surface area (Å²) in [6, 6.07) is 0.355. The highest BCUT2D eigenvalue weighted by Gasteiger charge is 2.20. The first kappa shape index (κ1) is 17.4. The van der Waals surface area contributed by atoms with Gasteiger partial charge in [-0.2, -0.15) is 15.0 Å². The van der Waals surface area contributed by atoms with E-state index in [1.165, 1.54) is 0 Å². The third kappa shape index (κ3) is 5.71. The maximum atomic E-state index is 5.51. The first-order chi connectivity index (χ1) is 9.89. The van der Waals surface area contributed by atoms with Crippen LogP contribution in [0.2, 0.25) is 0 Å². The molecular weight excluding hydrogens is 268 g/mol. The van der Waals surface area contributed by atoms with Crippen LogP contribution in [0, 0.1) is 0 Å². The number of aromatic nitrogens is 3. The Morgan fingerprint density at radius 3 is 2.19 bits per heavy atom. The maximum Gasteiger partial charge on any atom is 0.323 e. The summed E-state index contributed by atoms with van der Waals surface area (Å²) < 4.78 is 5.51. The van der Waals surface area contributed by atoms with Gasteiger partial charge in [0.05, 0.1) is 6.61 Å². The van der Waals surface area contributed by atoms with Gasteiger partial charge in [0.25, 0.3) is 0 Å². The number of nitrogens with one attached hydrogen (secondary N) is 2. The molecule has 0 atom stereocenters. The molecule has 0 fully saturated rings. The van der Waals surface area contributed by atoms with Crippen LogP contribution in [0.5, 0.6) is 6.01 Å². The number of likely N-dealkylation sites (N-methyl/N-ethyl adjacent to an activating group) is 1. The number of hydrogen-bond acceptors (Lipinski definition) is 7. The van der Waals surface area contributed by atoms with E-state index in [0.29, 0.717) is 24.5 Å². The molecule has 1 aromatic heterocycles. The molecule has 7 heteroatoms. The maximum absolute atomic E-state index is 5.51. The van der Waals surface area contributed by atoms with Crippen LogP contribution in [0.25, 0.3) is 0 Å². The van der Waals surface area contributed by atoms with E-state index in [-0.39, 0.29) is 5.54 Å². The van der Waals surface area contributed by atoms with E-state index < -0.39 is 0 Å². The average Bonchev–Trinajstić information content (AvgIpc) is 2.43. The number of ether oxygens (including phenoxy) is 1. The predicted octanol–water partition coefficient (Wildman–Crippen LogP) is 1.84. The zero-order chi connectivity index (χ0) is 15.9. The number of rotatable bonds is 9. The van der Waals surface area contributed by atoms with Gasteiger partial charge in [0.2, 0.25) is 11.9 Å². The van der Waals surface area contributed by atoms with E-state index in [1.54, 1.807) is 0 Å². The quantitative estimate of drug-likeness (QED) is 0.720. The minimum Gasteiger partial charge on any atom is -0.463 e. The van der Waals surface area contributed by atoms with Crippen molar-refractivity contribution in [2.45, 2.75) is 39.7 Å². The van der Waals surface area contributed by atoms with Gasteiger partial charge < -0.3 is 20.3 Å². The summed E-state index contributed by atoms with van der Waals surface area (Å²) in [5.41, 5.74) is -0.00455. The molecule has 0 aliphatic carbocycles. The van der Waals surface area contributed by atoms with Crippen molar-refractivity contribution in [3.8, 4) is 6.01 Å². The summed E-state index contributed by atoms with van der Waals surface area (Å²) in [6.45, 7) is 10.4. The number of hydrogen-bond donors (Lipinski definition) is 2. The van der Waals surface area contributed by atoms with Gasteiger partial charge in [-0.05, 0) is 41.3 Å². The second-order valence-corrected chi connectivity index (χ2v) is 5.70. The van der Waals surface area contributed by atoms with E-state index in [0.717, 1.165) is 19.5 Å². The van der Waals surface area contributed by atoms with Crippen LogP contribution >= 0.6 is 0 Å². The molecule has 1 aromatic rings. The monoisotopic (exact) mass is 296 g/mol. The summed E-state index contributed by atoms with van der Waals surface area (Å²) in [5.74, 6) is 1.06. The van der Waals surface area contributed by atoms with Gasteiger partial charge in [-0.15, -0.1) is 0 Å². The van der Waals surface area contributed by atoms with E-state index in [9.17, 15) is 0 Å². The van der Waals surface area contributed by atoms with E-state index in [2.05, 4.69) is 58.4 Å². The SMILES string of the molecule is CCCOc1nc(NCC)nc(NCC(C)(C)N(C)C)n1. The molecule has 0 saturated heterocycles. The van der Waals surface area contributed by atoms with Crippen molar-refractivity contribution in [1.29, 1.82) is 0 Å². The van der Waals surface area contributed by atoms with Crippen LogP contribution in [0.3, 0.4) is 0 Å². The van der Waals surface area contributed by atoms with Gasteiger partial charge in [0, 0.05) is 18.6 Å². The van der Waals surface area contributed by atoms with Crippen molar-refractivity contribution in [3.63, 3.8) is 0 Å². The fourth-order valence-electron chi connectivity index (χ4n) is 1.38. The van der Waals surface area contributed by atoms with Gasteiger partial charge in [-0.1, -0.05) is 6.92 Å². The van der Waals surface area contributed by atoms with Crippen LogP contribution < -0.4 is 15.4 Å². The Morgan fingerprint density at radius 1 is 1.05 bits per heavy atom. The van der Waals surface area contributed by atoms with Crippen LogP contribution in [-0.4, -0.2) is 59.2 Å². The van der Waals surface area contributed by atoms with Gasteiger partial charge in [-0.25, -0.2) is 0 Å². The van der Waals surface area contributed by atoms with Crippen LogP contribution in [0.15, 0.2) is 0 Å². The number of anilines is 2. The molecule has 0 bridgehead atoms. The second kappa shape index (κ2) is 7.97. The largest absolute Gasteiger partial charge is 0.463 e. The summed E-state index contributed by atoms with van der Waals surface area (Å²) in [7, 11) is 4.10. The standard InChI is InChI=1S/C14H28N6O/c1-7-9-21-13-18-11(15-8-2)17-12(19-13)16-10-14(3,4)20(5)6/h7-10H2,1-6H3,(H2,15,16,17,18,19). The van der Waals surface area contributed by atoms with E-state index >= 15 is 0 Å². The van der Waals surface area contributed by atoms with Crippen LogP contribution in [0.1, 0.15) is 34.1 Å². The first-order valence-electron chi connectivity index (χ1n) is 7.43. The smallest absolute Gasteiger partial charge is 0.323 e. The molecule has 120 valence electrons. The summed E-state index contributed by atoms with van der Waals surface area (Å²) in [6.07, 6.45) is 0.915. The number of nitrogens with zero attached hydrogens (tertiary/aromatic N) is 4. The molecule has 0 saturated carbocycles. The fourth-order valence-corrected chi connectivity index (χ4v) is 1.38. The Hall–Kier alpha value is -1.63. The minimum absolute atomic E-state index is 0.00455. The molecule has 2 N–H and O–H groups in total. The molecule has 0 radical (unpaired) electrons. The van der Waals surface area contributed by atoms with E-state index in [4.69, 9.17) is 4.74 Å². The van der Waals surface area contributed by atoms with Crippen molar-refractivity contribution in [3.05, 3.63) is 0 Å². The molecule has 1 rings (SSSR count). The molecule has 0 aliphatic rings. The van der Waals surface area contributed by atoms with Crippen molar-refractivity contribution < 1.29 is 4.74 Å². The lowest BCUT2D eigenvalue weighted by Gasteiger charge is -2.32. The Morgan fingerprint density at radius 2 is 1.67 bits per heavy atom. The summed E-state index contributed by atoms with van der Waals surface area (Å²) in [5, 5.41) is 6.35. The van der Waals surface area contributed by atoms with Crippen molar-refractivity contribution >= 4 is 11.9 Å². The average molecular weight is 296 g/mol. The van der Waals surface area contributed by atoms with Crippen molar-refractivity contribution in [1.82, 2.24) is 19.9 Å². The molecule has 0 spiro atoms. The highest BCUT2D eigenvalue weighted by atomic mass is 16.5. The Balaban J connectivity index is 2.82. The topological polar surface area (TPSA) is 75.2 Å². The molecule has 0 unspecified atom stereocenters. The lowest BCUT2D eigenvalue weighted by molar-refractivity contribution is 0.209. The molecule has 0 amide bonds. The highest BCUT2D eigenvalue weighted by molar-refractivity contribution is 5.36. The van der Waals surface area contributed by atoms with Gasteiger partial charge in [0.1, 0.15) is 0 Å². The lowest BCUT2D eigenvalue weighted by atomic mass is 10.1. The predicted molar refractivity (Wildman–Crippen MR) is 86.0 cm³/mol. The summed E-state index contributed by atoms with van der Waals surface area (Å²) >= 11 is 0. The zero-order valence-electron chi connectivity index (χ0n) is 14.0. The van der Waals surface area contributed by atoms with Gasteiger partial charge in [0.15, 0.2) is 0 Å². The zero-order valence-corrected chi connectivity index (χ0v) is 14.0. The van der Waals surface area contributed by atoms with Crippen LogP contribution in [-0.2, 0) is 0 Å². The van der Waals surface area contributed by atoms with Gasteiger partial charge in [-0.3, -0.25) is 0 Å². The van der Waals surface area contributed by atoms with Crippen LogP contribution in [0.4, 0.5) is 11.9 Å². The Kier molecular flexibility index (Phi) is 6.61. The third-order valence-electron chi connectivity index (χ3n) is 3.27. The lowest BCUT2D eigenvalue weighted by Crippen LogP contribution is -2.44. The van der Waals surface area contributed by atoms with E-state index in [1.807, 2.05) is 13.8 Å². The first-order valence-corrected chi connectivity index (χ1v) is 7.43. The highest BCUT2D eigenvalue weighted by Crippen LogP contribution is 2.14. The minimum atomic E-state index is -0.00455. The van der Waals surface area contributed by atoms with Crippen molar-refractivity contribution in [2.75, 3.05) is 44.4 Å². The molecule has 0 aromatic carbocycles. The summed E-state index contributed by atoms with van der Waals surface area (Å²) in [4.78, 5) is 15.0. The normalized spacial score (nSPS) is 11.6. The van der Waals surface area contributed by atoms with Crippen molar-refractivity contribution in [2.24, 2.45) is 0 Å². The molecule has 7 nitrogen and oxygen atoms in total. The molecule has 0 aliphatic heterocycles. The van der Waals surface area contributed by atoms with Gasteiger partial charge >= 0.3 is 6.01 Å². The second-order valence-electron chi connectivity index (χ2n) is 5.70.